The fourth-order valence-electron chi connectivity index (χ4n) is 0.608. The monoisotopic (exact) mass is 171 g/mol. The predicted octanol–water partition coefficient (Wildman–Crippen LogP) is -1.72. The number of nitro groups is 1. The largest absolute Gasteiger partial charge is 0.335 e. The van der Waals surface area contributed by atoms with Crippen molar-refractivity contribution in [3.63, 3.8) is 0 Å². The summed E-state index contributed by atoms with van der Waals surface area (Å²) >= 11 is 0. The fraction of sp³-hybridized carbons (Fsp3) is 0.250. The minimum Gasteiger partial charge on any atom is -0.335 e. The Labute approximate surface area is 66.5 Å². The fourth-order valence-corrected chi connectivity index (χ4v) is 0.608. The molecular formula is C4H5N5O3. The first-order valence-electron chi connectivity index (χ1n) is 2.96. The molecule has 1 aliphatic rings. The lowest BCUT2D eigenvalue weighted by Gasteiger charge is -2.12. The van der Waals surface area contributed by atoms with Gasteiger partial charge in [-0.15, -0.1) is 0 Å². The van der Waals surface area contributed by atoms with Crippen LogP contribution < -0.4 is 10.7 Å². The second-order valence-electron chi connectivity index (χ2n) is 1.88. The zero-order chi connectivity index (χ0) is 8.97. The molecule has 0 aliphatic carbocycles. The highest BCUT2D eigenvalue weighted by Gasteiger charge is 2.13. The van der Waals surface area contributed by atoms with Crippen molar-refractivity contribution in [1.82, 2.24) is 10.7 Å². The molecule has 1 aliphatic heterocycles. The molecule has 2 N–H and O–H groups in total. The molecule has 0 aromatic carbocycles. The zero-order valence-corrected chi connectivity index (χ0v) is 5.80. The zero-order valence-electron chi connectivity index (χ0n) is 5.80. The molecular weight excluding hydrogens is 166 g/mol. The SMILES string of the molecule is O=CC1C=NNC(=N[N+](=O)[O-])N1. The molecule has 8 heteroatoms. The normalized spacial score (nSPS) is 24.3. The predicted molar refractivity (Wildman–Crippen MR) is 39.0 cm³/mol. The van der Waals surface area contributed by atoms with Crippen molar-refractivity contribution < 1.29 is 9.83 Å². The van der Waals surface area contributed by atoms with Gasteiger partial charge in [0.15, 0.2) is 5.03 Å². The van der Waals surface area contributed by atoms with Gasteiger partial charge in [-0.2, -0.15) is 5.10 Å². The molecule has 12 heavy (non-hydrogen) atoms. The summed E-state index contributed by atoms with van der Waals surface area (Å²) in [5.41, 5.74) is 2.22. The van der Waals surface area contributed by atoms with Gasteiger partial charge in [0.25, 0.3) is 5.96 Å². The first-order valence-corrected chi connectivity index (χ1v) is 2.96. The molecule has 0 aromatic heterocycles. The summed E-state index contributed by atoms with van der Waals surface area (Å²) in [5, 5.41) is 17.7. The number of aldehydes is 1. The van der Waals surface area contributed by atoms with Crippen LogP contribution in [-0.4, -0.2) is 29.5 Å². The summed E-state index contributed by atoms with van der Waals surface area (Å²) < 4.78 is 0. The third-order valence-electron chi connectivity index (χ3n) is 1.04. The first-order chi connectivity index (χ1) is 5.72. The van der Waals surface area contributed by atoms with Gasteiger partial charge in [0.05, 0.1) is 6.21 Å². The quantitative estimate of drug-likeness (QED) is 0.292. The van der Waals surface area contributed by atoms with Gasteiger partial charge in [-0.05, 0) is 0 Å². The van der Waals surface area contributed by atoms with E-state index in [1.54, 1.807) is 0 Å². The second-order valence-corrected chi connectivity index (χ2v) is 1.88. The molecule has 1 atom stereocenters. The van der Waals surface area contributed by atoms with Gasteiger partial charge in [0, 0.05) is 0 Å². The number of carbonyl (C=O) groups excluding carboxylic acids is 1. The maximum atomic E-state index is 10.2. The van der Waals surface area contributed by atoms with Crippen molar-refractivity contribution in [2.75, 3.05) is 0 Å². The van der Waals surface area contributed by atoms with E-state index >= 15 is 0 Å². The van der Waals surface area contributed by atoms with Crippen molar-refractivity contribution in [2.45, 2.75) is 6.04 Å². The average Bonchev–Trinajstić information content (AvgIpc) is 2.03. The molecule has 0 fully saturated rings. The lowest BCUT2D eigenvalue weighted by molar-refractivity contribution is -0.485. The van der Waals surface area contributed by atoms with E-state index in [0.717, 1.165) is 0 Å². The molecule has 0 aromatic rings. The van der Waals surface area contributed by atoms with Gasteiger partial charge in [-0.3, -0.25) is 0 Å². The Balaban J connectivity index is 2.67. The molecule has 0 radical (unpaired) electrons. The Kier molecular flexibility index (Phi) is 2.31. The van der Waals surface area contributed by atoms with Crippen LogP contribution in [0.1, 0.15) is 0 Å². The summed E-state index contributed by atoms with van der Waals surface area (Å²) in [6.07, 6.45) is 1.83. The number of rotatable bonds is 2. The molecule has 8 nitrogen and oxygen atoms in total. The second kappa shape index (κ2) is 3.42. The van der Waals surface area contributed by atoms with Crippen LogP contribution in [-0.2, 0) is 4.79 Å². The summed E-state index contributed by atoms with van der Waals surface area (Å²) in [6, 6.07) is -0.662. The minimum atomic E-state index is -0.891. The third kappa shape index (κ3) is 2.01. The number of hydrogen-bond donors (Lipinski definition) is 2. The maximum Gasteiger partial charge on any atom is 0.290 e. The van der Waals surface area contributed by atoms with Crippen LogP contribution in [0.15, 0.2) is 10.2 Å². The lowest BCUT2D eigenvalue weighted by Crippen LogP contribution is -2.47. The summed E-state index contributed by atoms with van der Waals surface area (Å²) in [4.78, 5) is 20.0. The molecule has 0 spiro atoms. The van der Waals surface area contributed by atoms with Crippen LogP contribution in [0.2, 0.25) is 0 Å². The highest BCUT2D eigenvalue weighted by Crippen LogP contribution is 1.82. The van der Waals surface area contributed by atoms with E-state index in [1.807, 2.05) is 0 Å². The molecule has 1 rings (SSSR count). The maximum absolute atomic E-state index is 10.2. The van der Waals surface area contributed by atoms with E-state index in [2.05, 4.69) is 20.9 Å². The van der Waals surface area contributed by atoms with E-state index in [1.165, 1.54) is 6.21 Å². The Morgan fingerprint density at radius 2 is 2.58 bits per heavy atom. The Morgan fingerprint density at radius 1 is 1.83 bits per heavy atom. The average molecular weight is 171 g/mol. The van der Waals surface area contributed by atoms with Gasteiger partial charge >= 0.3 is 0 Å². The first kappa shape index (κ1) is 8.11. The van der Waals surface area contributed by atoms with Crippen molar-refractivity contribution in [2.24, 2.45) is 10.2 Å². The topological polar surface area (TPSA) is 109 Å². The van der Waals surface area contributed by atoms with Gasteiger partial charge in [0.2, 0.25) is 0 Å². The van der Waals surface area contributed by atoms with Crippen molar-refractivity contribution in [3.8, 4) is 0 Å². The van der Waals surface area contributed by atoms with Gasteiger partial charge in [-0.25, -0.2) is 15.5 Å². The Bertz CT molecular complexity index is 259. The Hall–Kier alpha value is -1.99. The third-order valence-corrected chi connectivity index (χ3v) is 1.04. The van der Waals surface area contributed by atoms with Crippen LogP contribution in [0.3, 0.4) is 0 Å². The van der Waals surface area contributed by atoms with Crippen LogP contribution in [0, 0.1) is 10.1 Å². The summed E-state index contributed by atoms with van der Waals surface area (Å²) in [7, 11) is 0. The number of guanidine groups is 1. The lowest BCUT2D eigenvalue weighted by atomic mass is 10.3. The van der Waals surface area contributed by atoms with Gasteiger partial charge in [0.1, 0.15) is 17.4 Å². The minimum absolute atomic E-state index is 0.153. The molecule has 0 amide bonds. The molecule has 64 valence electrons. The molecule has 0 bridgehead atoms. The number of nitrogens with zero attached hydrogens (tertiary/aromatic N) is 3. The van der Waals surface area contributed by atoms with Crippen molar-refractivity contribution >= 4 is 18.5 Å². The molecule has 1 unspecified atom stereocenters. The molecule has 0 saturated heterocycles. The van der Waals surface area contributed by atoms with E-state index < -0.39 is 11.1 Å². The van der Waals surface area contributed by atoms with Crippen molar-refractivity contribution in [1.29, 1.82) is 0 Å². The highest BCUT2D eigenvalue weighted by atomic mass is 16.7. The van der Waals surface area contributed by atoms with E-state index in [9.17, 15) is 14.9 Å². The smallest absolute Gasteiger partial charge is 0.290 e. The van der Waals surface area contributed by atoms with E-state index in [0.29, 0.717) is 6.29 Å². The van der Waals surface area contributed by atoms with Gasteiger partial charge in [-0.1, -0.05) is 0 Å². The summed E-state index contributed by atoms with van der Waals surface area (Å²) in [6.45, 7) is 0. The van der Waals surface area contributed by atoms with Crippen LogP contribution in [0.5, 0.6) is 0 Å². The van der Waals surface area contributed by atoms with Crippen LogP contribution in [0.4, 0.5) is 0 Å². The van der Waals surface area contributed by atoms with E-state index in [4.69, 9.17) is 0 Å². The van der Waals surface area contributed by atoms with Crippen LogP contribution in [0.25, 0.3) is 0 Å². The number of hydrogen-bond acceptors (Lipinski definition) is 4. The van der Waals surface area contributed by atoms with E-state index in [-0.39, 0.29) is 5.96 Å². The standard InChI is InChI=1S/C4H5N5O3/c10-2-3-1-5-7-4(6-3)8-9(11)12/h1-3H,(H2,6,7,8). The van der Waals surface area contributed by atoms with Crippen LogP contribution >= 0.6 is 0 Å². The van der Waals surface area contributed by atoms with Crippen molar-refractivity contribution in [3.05, 3.63) is 10.1 Å². The highest BCUT2D eigenvalue weighted by molar-refractivity contribution is 5.95. The summed E-state index contributed by atoms with van der Waals surface area (Å²) in [5.74, 6) is -0.153. The molecule has 1 heterocycles. The van der Waals surface area contributed by atoms with Gasteiger partial charge < -0.3 is 10.1 Å². The molecule has 0 saturated carbocycles. The number of nitrogens with one attached hydrogen (secondary N) is 2. The number of hydrazone groups is 2. The number of carbonyl (C=O) groups is 1. The Morgan fingerprint density at radius 3 is 3.17 bits per heavy atom.